The number of amides is 5. The second kappa shape index (κ2) is 6.74. The maximum atomic E-state index is 10.9. The highest BCUT2D eigenvalue weighted by molar-refractivity contribution is 8.15. The molecule has 0 spiro atoms. The van der Waals surface area contributed by atoms with Crippen LogP contribution in [0.25, 0.3) is 0 Å². The smallest absolute Gasteiger partial charge is 0.322 e. The molecule has 2 heterocycles. The van der Waals surface area contributed by atoms with Gasteiger partial charge >= 0.3 is 6.03 Å². The van der Waals surface area contributed by atoms with Gasteiger partial charge in [0.15, 0.2) is 0 Å². The molecule has 0 aromatic rings. The summed E-state index contributed by atoms with van der Waals surface area (Å²) >= 11 is 1.08. The van der Waals surface area contributed by atoms with Crippen molar-refractivity contribution in [2.24, 2.45) is 11.8 Å². The van der Waals surface area contributed by atoms with Crippen LogP contribution >= 0.6 is 11.8 Å². The van der Waals surface area contributed by atoms with Crippen LogP contribution in [0.3, 0.4) is 0 Å². The fourth-order valence-corrected chi connectivity index (χ4v) is 2.54. The molecule has 2 fully saturated rings. The summed E-state index contributed by atoms with van der Waals surface area (Å²) in [5.74, 6) is 0.0212. The van der Waals surface area contributed by atoms with Crippen molar-refractivity contribution in [3.63, 3.8) is 0 Å². The monoisotopic (exact) mass is 301 g/mol. The summed E-state index contributed by atoms with van der Waals surface area (Å²) in [5, 5.41) is 6.50. The van der Waals surface area contributed by atoms with Crippen LogP contribution in [0, 0.1) is 11.8 Å². The lowest BCUT2D eigenvalue weighted by Gasteiger charge is -2.09. The zero-order valence-corrected chi connectivity index (χ0v) is 12.7. The summed E-state index contributed by atoms with van der Waals surface area (Å²) < 4.78 is 0. The molecule has 0 bridgehead atoms. The van der Waals surface area contributed by atoms with Gasteiger partial charge in [0.1, 0.15) is 6.04 Å². The first-order valence-corrected chi connectivity index (χ1v) is 7.23. The van der Waals surface area contributed by atoms with E-state index < -0.39 is 0 Å². The quantitative estimate of drug-likeness (QED) is 0.656. The molecule has 0 aromatic heterocycles. The van der Waals surface area contributed by atoms with Crippen molar-refractivity contribution < 1.29 is 19.2 Å². The number of urea groups is 1. The largest absolute Gasteiger partial charge is 0.326 e. The Morgan fingerprint density at radius 2 is 1.50 bits per heavy atom. The van der Waals surface area contributed by atoms with Gasteiger partial charge in [0, 0.05) is 0 Å². The van der Waals surface area contributed by atoms with Crippen LogP contribution in [0.4, 0.5) is 9.59 Å². The lowest BCUT2D eigenvalue weighted by Crippen LogP contribution is -2.33. The Labute approximate surface area is 121 Å². The lowest BCUT2D eigenvalue weighted by atomic mass is 10.1. The summed E-state index contributed by atoms with van der Waals surface area (Å²) in [6.07, 6.45) is 0. The normalized spacial score (nSPS) is 25.3. The fourth-order valence-electron chi connectivity index (χ4n) is 1.71. The predicted octanol–water partition coefficient (Wildman–Crippen LogP) is 0.844. The summed E-state index contributed by atoms with van der Waals surface area (Å²) in [6.45, 7) is 7.62. The second-order valence-electron chi connectivity index (χ2n) is 5.24. The van der Waals surface area contributed by atoms with Crippen LogP contribution in [-0.4, -0.2) is 34.4 Å². The molecule has 2 aliphatic rings. The molecule has 2 unspecified atom stereocenters. The van der Waals surface area contributed by atoms with Crippen LogP contribution in [0.2, 0.25) is 0 Å². The van der Waals surface area contributed by atoms with Crippen molar-refractivity contribution in [3.05, 3.63) is 0 Å². The zero-order chi connectivity index (χ0) is 15.4. The molecular weight excluding hydrogens is 282 g/mol. The van der Waals surface area contributed by atoms with E-state index in [1.165, 1.54) is 0 Å². The van der Waals surface area contributed by atoms with Gasteiger partial charge in [-0.2, -0.15) is 0 Å². The number of thioether (sulfide) groups is 1. The van der Waals surface area contributed by atoms with Gasteiger partial charge in [-0.1, -0.05) is 39.5 Å². The highest BCUT2D eigenvalue weighted by Gasteiger charge is 2.33. The molecule has 2 rings (SSSR count). The molecule has 2 atom stereocenters. The van der Waals surface area contributed by atoms with E-state index in [0.717, 1.165) is 11.8 Å². The maximum absolute atomic E-state index is 10.9. The van der Waals surface area contributed by atoms with E-state index in [-0.39, 0.29) is 46.2 Å². The van der Waals surface area contributed by atoms with Crippen molar-refractivity contribution in [1.29, 1.82) is 0 Å². The Hall–Kier alpha value is -1.57. The third-order valence-corrected chi connectivity index (χ3v) is 4.12. The molecule has 112 valence electrons. The topological polar surface area (TPSA) is 104 Å². The molecule has 3 N–H and O–H groups in total. The van der Waals surface area contributed by atoms with Crippen LogP contribution in [0.5, 0.6) is 0 Å². The van der Waals surface area contributed by atoms with Crippen LogP contribution in [-0.2, 0) is 9.59 Å². The maximum Gasteiger partial charge on any atom is 0.322 e. The number of imide groups is 2. The molecule has 0 aliphatic carbocycles. The van der Waals surface area contributed by atoms with Crippen molar-refractivity contribution in [3.8, 4) is 0 Å². The van der Waals surface area contributed by atoms with Gasteiger partial charge in [0.05, 0.1) is 5.25 Å². The molecule has 0 saturated carbocycles. The molecule has 20 heavy (non-hydrogen) atoms. The third kappa shape index (κ3) is 4.22. The van der Waals surface area contributed by atoms with Crippen LogP contribution in [0.1, 0.15) is 27.7 Å². The minimum atomic E-state index is -0.385. The highest BCUT2D eigenvalue weighted by atomic mass is 32.2. The number of carbonyl (C=O) groups is 4. The number of hydrogen-bond acceptors (Lipinski definition) is 5. The van der Waals surface area contributed by atoms with E-state index in [0.29, 0.717) is 0 Å². The van der Waals surface area contributed by atoms with Gasteiger partial charge in [-0.15, -0.1) is 0 Å². The fraction of sp³-hybridized carbons (Fsp3) is 0.667. The molecule has 0 radical (unpaired) electrons. The van der Waals surface area contributed by atoms with E-state index >= 15 is 0 Å². The molecule has 5 amide bonds. The van der Waals surface area contributed by atoms with Crippen LogP contribution < -0.4 is 16.0 Å². The first-order chi connectivity index (χ1) is 9.22. The minimum Gasteiger partial charge on any atom is -0.326 e. The minimum absolute atomic E-state index is 0.148. The van der Waals surface area contributed by atoms with Crippen molar-refractivity contribution in [2.45, 2.75) is 39.0 Å². The average molecular weight is 301 g/mol. The number of rotatable bonds is 2. The van der Waals surface area contributed by atoms with Gasteiger partial charge < -0.3 is 5.32 Å². The molecule has 7 nitrogen and oxygen atoms in total. The van der Waals surface area contributed by atoms with Gasteiger partial charge in [-0.05, 0) is 11.8 Å². The Kier molecular flexibility index (Phi) is 5.55. The SMILES string of the molecule is CC(C)C1NC(=O)NC1=O.CC(C)C1SC(=O)NC1=O. The Bertz CT molecular complexity index is 396. The molecule has 0 aromatic carbocycles. The summed E-state index contributed by atoms with van der Waals surface area (Å²) in [4.78, 5) is 42.8. The molecule has 2 saturated heterocycles. The van der Waals surface area contributed by atoms with Crippen molar-refractivity contribution in [2.75, 3.05) is 0 Å². The third-order valence-electron chi connectivity index (χ3n) is 2.80. The van der Waals surface area contributed by atoms with E-state index in [2.05, 4.69) is 16.0 Å². The first kappa shape index (κ1) is 16.5. The highest BCUT2D eigenvalue weighted by Crippen LogP contribution is 2.24. The van der Waals surface area contributed by atoms with Gasteiger partial charge in [-0.3, -0.25) is 25.0 Å². The van der Waals surface area contributed by atoms with E-state index in [1.54, 1.807) is 0 Å². The van der Waals surface area contributed by atoms with E-state index in [9.17, 15) is 19.2 Å². The summed E-state index contributed by atoms with van der Waals surface area (Å²) in [7, 11) is 0. The molecular formula is C12H19N3O4S. The standard InChI is InChI=1S/C6H10N2O2.C6H9NO2S/c1-3(2)4-5(9)8-6(10)7-4;1-3(2)4-5(8)7-6(9)10-4/h3-4H,1-2H3,(H2,7,8,9,10);3-4H,1-2H3,(H,7,8,9). The van der Waals surface area contributed by atoms with E-state index in [1.807, 2.05) is 27.7 Å². The average Bonchev–Trinajstić information content (AvgIpc) is 2.82. The lowest BCUT2D eigenvalue weighted by molar-refractivity contribution is -0.121. The number of hydrogen-bond donors (Lipinski definition) is 3. The number of nitrogens with one attached hydrogen (secondary N) is 3. The second-order valence-corrected chi connectivity index (χ2v) is 6.36. The van der Waals surface area contributed by atoms with Crippen molar-refractivity contribution in [1.82, 2.24) is 16.0 Å². The molecule has 2 aliphatic heterocycles. The van der Waals surface area contributed by atoms with Gasteiger partial charge in [0.25, 0.3) is 11.1 Å². The first-order valence-electron chi connectivity index (χ1n) is 6.35. The Balaban J connectivity index is 0.000000200. The summed E-state index contributed by atoms with van der Waals surface area (Å²) in [6, 6.07) is -0.726. The van der Waals surface area contributed by atoms with Crippen LogP contribution in [0.15, 0.2) is 0 Å². The summed E-state index contributed by atoms with van der Waals surface area (Å²) in [5.41, 5.74) is 0. The Morgan fingerprint density at radius 3 is 1.70 bits per heavy atom. The Morgan fingerprint density at radius 1 is 0.900 bits per heavy atom. The number of carbonyl (C=O) groups excluding carboxylic acids is 4. The van der Waals surface area contributed by atoms with Crippen molar-refractivity contribution >= 4 is 34.8 Å². The predicted molar refractivity (Wildman–Crippen MR) is 75.1 cm³/mol. The zero-order valence-electron chi connectivity index (χ0n) is 11.9. The van der Waals surface area contributed by atoms with Gasteiger partial charge in [0.2, 0.25) is 5.91 Å². The van der Waals surface area contributed by atoms with E-state index in [4.69, 9.17) is 0 Å². The van der Waals surface area contributed by atoms with Gasteiger partial charge in [-0.25, -0.2) is 4.79 Å². The molecule has 8 heteroatoms.